The lowest BCUT2D eigenvalue weighted by Crippen LogP contribution is -2.46. The minimum absolute atomic E-state index is 0.131. The fourth-order valence-electron chi connectivity index (χ4n) is 2.07. The van der Waals surface area contributed by atoms with Crippen molar-refractivity contribution in [3.63, 3.8) is 0 Å². The van der Waals surface area contributed by atoms with E-state index in [1.165, 1.54) is 6.07 Å². The Morgan fingerprint density at radius 2 is 2.10 bits per heavy atom. The van der Waals surface area contributed by atoms with Crippen molar-refractivity contribution in [1.82, 2.24) is 15.5 Å². The van der Waals surface area contributed by atoms with Crippen LogP contribution in [-0.4, -0.2) is 56.7 Å². The Bertz CT molecular complexity index is 479. The lowest BCUT2D eigenvalue weighted by atomic mass is 10.3. The van der Waals surface area contributed by atoms with Gasteiger partial charge in [-0.3, -0.25) is 9.69 Å². The van der Waals surface area contributed by atoms with Crippen LogP contribution in [-0.2, 0) is 4.79 Å². The van der Waals surface area contributed by atoms with E-state index in [0.717, 1.165) is 44.9 Å². The van der Waals surface area contributed by atoms with Crippen LogP contribution >= 0.6 is 0 Å². The number of benzene rings is 1. The second kappa shape index (κ2) is 7.90. The molecule has 1 saturated heterocycles. The number of rotatable bonds is 6. The molecule has 5 nitrogen and oxygen atoms in total. The monoisotopic (exact) mass is 299 g/mol. The van der Waals surface area contributed by atoms with Crippen molar-refractivity contribution in [3.05, 3.63) is 29.8 Å². The molecule has 0 aliphatic carbocycles. The molecular formula is C14H19F2N3O2. The van der Waals surface area contributed by atoms with Gasteiger partial charge in [0.1, 0.15) is 5.82 Å². The topological polar surface area (TPSA) is 53.6 Å². The van der Waals surface area contributed by atoms with E-state index in [9.17, 15) is 13.6 Å². The maximum atomic E-state index is 13.3. The van der Waals surface area contributed by atoms with Crippen molar-refractivity contribution in [2.24, 2.45) is 0 Å². The van der Waals surface area contributed by atoms with E-state index in [2.05, 4.69) is 15.5 Å². The molecule has 21 heavy (non-hydrogen) atoms. The number of nitrogens with zero attached hydrogens (tertiary/aromatic N) is 1. The van der Waals surface area contributed by atoms with Crippen LogP contribution in [0, 0.1) is 11.6 Å². The van der Waals surface area contributed by atoms with E-state index in [1.54, 1.807) is 0 Å². The molecule has 0 unspecified atom stereocenters. The van der Waals surface area contributed by atoms with E-state index >= 15 is 0 Å². The molecule has 1 aliphatic heterocycles. The van der Waals surface area contributed by atoms with E-state index in [4.69, 9.17) is 4.74 Å². The maximum Gasteiger partial charge on any atom is 0.257 e. The van der Waals surface area contributed by atoms with Gasteiger partial charge in [-0.25, -0.2) is 8.78 Å². The van der Waals surface area contributed by atoms with E-state index in [1.807, 2.05) is 0 Å². The van der Waals surface area contributed by atoms with E-state index < -0.39 is 11.6 Å². The summed E-state index contributed by atoms with van der Waals surface area (Å²) in [4.78, 5) is 13.8. The Morgan fingerprint density at radius 1 is 1.33 bits per heavy atom. The molecule has 1 aromatic rings. The number of carbonyl (C=O) groups is 1. The van der Waals surface area contributed by atoms with Gasteiger partial charge in [0.15, 0.2) is 18.2 Å². The number of hydrogen-bond acceptors (Lipinski definition) is 4. The highest BCUT2D eigenvalue weighted by molar-refractivity contribution is 5.77. The first-order chi connectivity index (χ1) is 10.1. The summed E-state index contributed by atoms with van der Waals surface area (Å²) in [5, 5.41) is 5.96. The predicted octanol–water partition coefficient (Wildman–Crippen LogP) is 0.365. The molecule has 0 radical (unpaired) electrons. The Labute approximate surface area is 122 Å². The predicted molar refractivity (Wildman–Crippen MR) is 74.2 cm³/mol. The number of piperazine rings is 1. The zero-order valence-electron chi connectivity index (χ0n) is 11.7. The first-order valence-electron chi connectivity index (χ1n) is 6.93. The maximum absolute atomic E-state index is 13.3. The normalized spacial score (nSPS) is 15.7. The number of halogens is 2. The highest BCUT2D eigenvalue weighted by Gasteiger charge is 2.10. The minimum Gasteiger partial charge on any atom is -0.481 e. The standard InChI is InChI=1S/C14H19F2N3O2/c15-11-1-2-13(12(16)9-11)21-10-14(20)18-5-8-19-6-3-17-4-7-19/h1-2,9,17H,3-8,10H2,(H,18,20). The lowest BCUT2D eigenvalue weighted by molar-refractivity contribution is -0.123. The molecule has 1 heterocycles. The first-order valence-corrected chi connectivity index (χ1v) is 6.93. The van der Waals surface area contributed by atoms with Gasteiger partial charge in [-0.1, -0.05) is 0 Å². The van der Waals surface area contributed by atoms with Crippen LogP contribution in [0.5, 0.6) is 5.75 Å². The van der Waals surface area contributed by atoms with Gasteiger partial charge < -0.3 is 15.4 Å². The zero-order chi connectivity index (χ0) is 15.1. The van der Waals surface area contributed by atoms with Gasteiger partial charge in [0.2, 0.25) is 0 Å². The summed E-state index contributed by atoms with van der Waals surface area (Å²) < 4.78 is 31.0. The molecule has 2 rings (SSSR count). The summed E-state index contributed by atoms with van der Waals surface area (Å²) >= 11 is 0. The third-order valence-electron chi connectivity index (χ3n) is 3.21. The first kappa shape index (κ1) is 15.7. The van der Waals surface area contributed by atoms with Gasteiger partial charge in [0, 0.05) is 45.3 Å². The Balaban J connectivity index is 1.65. The summed E-state index contributed by atoms with van der Waals surface area (Å²) in [6.07, 6.45) is 0. The number of amides is 1. The molecular weight excluding hydrogens is 280 g/mol. The molecule has 0 spiro atoms. The number of ether oxygens (including phenoxy) is 1. The van der Waals surface area contributed by atoms with E-state index in [0.29, 0.717) is 6.54 Å². The third-order valence-corrected chi connectivity index (χ3v) is 3.21. The summed E-state index contributed by atoms with van der Waals surface area (Å²) in [5.41, 5.74) is 0. The Kier molecular flexibility index (Phi) is 5.89. The highest BCUT2D eigenvalue weighted by Crippen LogP contribution is 2.17. The molecule has 0 bridgehead atoms. The van der Waals surface area contributed by atoms with Gasteiger partial charge in [-0.15, -0.1) is 0 Å². The van der Waals surface area contributed by atoms with Gasteiger partial charge in [0.05, 0.1) is 0 Å². The van der Waals surface area contributed by atoms with Crippen molar-refractivity contribution in [1.29, 1.82) is 0 Å². The smallest absolute Gasteiger partial charge is 0.257 e. The number of carbonyl (C=O) groups excluding carboxylic acids is 1. The average molecular weight is 299 g/mol. The van der Waals surface area contributed by atoms with Crippen LogP contribution in [0.15, 0.2) is 18.2 Å². The van der Waals surface area contributed by atoms with Crippen LogP contribution in [0.4, 0.5) is 8.78 Å². The van der Waals surface area contributed by atoms with Gasteiger partial charge >= 0.3 is 0 Å². The van der Waals surface area contributed by atoms with Crippen molar-refractivity contribution in [2.75, 3.05) is 45.9 Å². The Hall–Kier alpha value is -1.73. The summed E-state index contributed by atoms with van der Waals surface area (Å²) in [7, 11) is 0. The molecule has 0 saturated carbocycles. The molecule has 7 heteroatoms. The number of hydrogen-bond donors (Lipinski definition) is 2. The van der Waals surface area contributed by atoms with Crippen molar-refractivity contribution >= 4 is 5.91 Å². The molecule has 1 fully saturated rings. The van der Waals surface area contributed by atoms with Crippen molar-refractivity contribution in [3.8, 4) is 5.75 Å². The molecule has 1 aromatic carbocycles. The summed E-state index contributed by atoms with van der Waals surface area (Å²) in [6, 6.07) is 2.97. The van der Waals surface area contributed by atoms with Gasteiger partial charge in [-0.05, 0) is 12.1 Å². The second-order valence-corrected chi connectivity index (χ2v) is 4.81. The second-order valence-electron chi connectivity index (χ2n) is 4.81. The average Bonchev–Trinajstić information content (AvgIpc) is 2.47. The van der Waals surface area contributed by atoms with Crippen LogP contribution in [0.25, 0.3) is 0 Å². The lowest BCUT2D eigenvalue weighted by Gasteiger charge is -2.27. The minimum atomic E-state index is -0.816. The summed E-state index contributed by atoms with van der Waals surface area (Å²) in [6.45, 7) is 4.86. The fourth-order valence-corrected chi connectivity index (χ4v) is 2.07. The third kappa shape index (κ3) is 5.28. The van der Waals surface area contributed by atoms with Crippen molar-refractivity contribution < 1.29 is 18.3 Å². The quantitative estimate of drug-likeness (QED) is 0.797. The molecule has 0 atom stereocenters. The molecule has 2 N–H and O–H groups in total. The van der Waals surface area contributed by atoms with Crippen LogP contribution in [0.3, 0.4) is 0 Å². The van der Waals surface area contributed by atoms with Gasteiger partial charge in [-0.2, -0.15) is 0 Å². The van der Waals surface area contributed by atoms with Crippen LogP contribution < -0.4 is 15.4 Å². The Morgan fingerprint density at radius 3 is 2.81 bits per heavy atom. The number of nitrogens with one attached hydrogen (secondary N) is 2. The van der Waals surface area contributed by atoms with Gasteiger partial charge in [0.25, 0.3) is 5.91 Å². The van der Waals surface area contributed by atoms with Crippen LogP contribution in [0.1, 0.15) is 0 Å². The SMILES string of the molecule is O=C(COc1ccc(F)cc1F)NCCN1CCNCC1. The molecule has 1 aliphatic rings. The highest BCUT2D eigenvalue weighted by atomic mass is 19.1. The van der Waals surface area contributed by atoms with Crippen molar-refractivity contribution in [2.45, 2.75) is 0 Å². The molecule has 1 amide bonds. The fraction of sp³-hybridized carbons (Fsp3) is 0.500. The molecule has 0 aromatic heterocycles. The molecule has 116 valence electrons. The van der Waals surface area contributed by atoms with E-state index in [-0.39, 0.29) is 18.3 Å². The summed E-state index contributed by atoms with van der Waals surface area (Å²) in [5.74, 6) is -1.95. The largest absolute Gasteiger partial charge is 0.481 e. The zero-order valence-corrected chi connectivity index (χ0v) is 11.7. The van der Waals surface area contributed by atoms with Crippen LogP contribution in [0.2, 0.25) is 0 Å².